The predicted octanol–water partition coefficient (Wildman–Crippen LogP) is 9.65. The summed E-state index contributed by atoms with van der Waals surface area (Å²) in [6, 6.07) is 13.3. The molecule has 1 aliphatic heterocycles. The molecule has 0 saturated carbocycles. The minimum Gasteiger partial charge on any atom is -0.494 e. The fourth-order valence-corrected chi connectivity index (χ4v) is 5.46. The number of ether oxygens (including phenoxy) is 1. The van der Waals surface area contributed by atoms with E-state index in [1.807, 2.05) is 24.3 Å². The molecule has 3 rings (SSSR count). The molecule has 0 radical (unpaired) electrons. The fraction of sp³-hybridized carbons (Fsp3) is 0.516. The number of thioether (sulfide) groups is 1. The summed E-state index contributed by atoms with van der Waals surface area (Å²) in [6.07, 6.45) is 18.0. The average molecular weight is 543 g/mol. The highest BCUT2D eigenvalue weighted by Crippen LogP contribution is 2.25. The first-order valence-corrected chi connectivity index (χ1v) is 15.4. The first-order chi connectivity index (χ1) is 18.2. The zero-order valence-corrected chi connectivity index (χ0v) is 23.9. The molecule has 0 aliphatic carbocycles. The number of amides is 1. The zero-order chi connectivity index (χ0) is 26.1. The van der Waals surface area contributed by atoms with Gasteiger partial charge in [-0.1, -0.05) is 101 Å². The first-order valence-electron chi connectivity index (χ1n) is 14.0. The minimum atomic E-state index is -0.216. The number of nitrogens with one attached hydrogen (secondary N) is 1. The lowest BCUT2D eigenvalue weighted by Crippen LogP contribution is -2.14. The molecule has 0 spiro atoms. The van der Waals surface area contributed by atoms with Crippen LogP contribution in [-0.2, 0) is 6.54 Å². The molecule has 202 valence electrons. The maximum atomic E-state index is 12.8. The summed E-state index contributed by atoms with van der Waals surface area (Å²) >= 11 is 8.22. The van der Waals surface area contributed by atoms with Gasteiger partial charge in [-0.15, -0.1) is 11.8 Å². The van der Waals surface area contributed by atoms with Crippen molar-refractivity contribution in [2.24, 2.45) is 0 Å². The van der Waals surface area contributed by atoms with Crippen molar-refractivity contribution in [1.82, 2.24) is 4.90 Å². The van der Waals surface area contributed by atoms with Gasteiger partial charge in [0.05, 0.1) is 23.1 Å². The maximum absolute atomic E-state index is 12.8. The number of anilines is 1. The van der Waals surface area contributed by atoms with Crippen molar-refractivity contribution in [3.63, 3.8) is 0 Å². The summed E-state index contributed by atoms with van der Waals surface area (Å²) in [4.78, 5) is 15.1. The second-order valence-electron chi connectivity index (χ2n) is 9.86. The van der Waals surface area contributed by atoms with E-state index in [0.717, 1.165) is 30.1 Å². The standard InChI is InChI=1S/C31H43ClN2O2S/c1-2-3-4-5-6-7-8-9-10-11-12-13-20-36-28-17-18-29(30(32)23-28)31(35)33-27-16-14-15-26(22-27)24-34-19-21-37-25-34/h14-19,21-23H,2-13,20,24-25H2,1H3,(H,33,35). The highest BCUT2D eigenvalue weighted by Gasteiger charge is 2.13. The van der Waals surface area contributed by atoms with Gasteiger partial charge in [0, 0.05) is 18.4 Å². The Morgan fingerprint density at radius 3 is 2.30 bits per heavy atom. The van der Waals surface area contributed by atoms with Crippen LogP contribution in [0.15, 0.2) is 54.1 Å². The zero-order valence-electron chi connectivity index (χ0n) is 22.4. The molecule has 2 aromatic rings. The molecule has 0 atom stereocenters. The van der Waals surface area contributed by atoms with Gasteiger partial charge in [-0.05, 0) is 47.7 Å². The molecule has 0 aromatic heterocycles. The van der Waals surface area contributed by atoms with Gasteiger partial charge >= 0.3 is 0 Å². The van der Waals surface area contributed by atoms with E-state index in [1.165, 1.54) is 70.6 Å². The van der Waals surface area contributed by atoms with Crippen LogP contribution in [-0.4, -0.2) is 23.3 Å². The van der Waals surface area contributed by atoms with Crippen LogP contribution < -0.4 is 10.1 Å². The number of benzene rings is 2. The summed E-state index contributed by atoms with van der Waals surface area (Å²) in [6.45, 7) is 3.77. The summed E-state index contributed by atoms with van der Waals surface area (Å²) in [5.74, 6) is 1.45. The lowest BCUT2D eigenvalue weighted by molar-refractivity contribution is 0.102. The number of halogens is 1. The van der Waals surface area contributed by atoms with Gasteiger partial charge in [0.25, 0.3) is 5.91 Å². The van der Waals surface area contributed by atoms with Crippen LogP contribution in [0.25, 0.3) is 0 Å². The molecule has 0 saturated heterocycles. The molecule has 2 aromatic carbocycles. The number of hydrogen-bond acceptors (Lipinski definition) is 4. The van der Waals surface area contributed by atoms with Crippen molar-refractivity contribution >= 4 is 35.0 Å². The van der Waals surface area contributed by atoms with Crippen LogP contribution in [0.2, 0.25) is 5.02 Å². The Balaban J connectivity index is 1.31. The van der Waals surface area contributed by atoms with Crippen LogP contribution in [0.4, 0.5) is 5.69 Å². The van der Waals surface area contributed by atoms with Gasteiger partial charge in [-0.3, -0.25) is 4.79 Å². The maximum Gasteiger partial charge on any atom is 0.257 e. The number of nitrogens with zero attached hydrogens (tertiary/aromatic N) is 1. The number of carbonyl (C=O) groups is 1. The highest BCUT2D eigenvalue weighted by atomic mass is 35.5. The molecule has 37 heavy (non-hydrogen) atoms. The molecule has 6 heteroatoms. The molecule has 0 bridgehead atoms. The van der Waals surface area contributed by atoms with Crippen molar-refractivity contribution in [3.05, 3.63) is 70.2 Å². The molecule has 0 unspecified atom stereocenters. The second-order valence-corrected chi connectivity index (χ2v) is 11.1. The Labute approximate surface area is 233 Å². The van der Waals surface area contributed by atoms with E-state index in [4.69, 9.17) is 16.3 Å². The largest absolute Gasteiger partial charge is 0.494 e. The van der Waals surface area contributed by atoms with Gasteiger partial charge in [-0.25, -0.2) is 0 Å². The number of rotatable bonds is 18. The quantitative estimate of drug-likeness (QED) is 0.190. The van der Waals surface area contributed by atoms with E-state index in [2.05, 4.69) is 34.8 Å². The normalized spacial score (nSPS) is 12.8. The van der Waals surface area contributed by atoms with E-state index < -0.39 is 0 Å². The minimum absolute atomic E-state index is 0.216. The average Bonchev–Trinajstić information content (AvgIpc) is 3.40. The predicted molar refractivity (Wildman–Crippen MR) is 160 cm³/mol. The molecular weight excluding hydrogens is 500 g/mol. The van der Waals surface area contributed by atoms with E-state index in [9.17, 15) is 4.79 Å². The highest BCUT2D eigenvalue weighted by molar-refractivity contribution is 8.02. The van der Waals surface area contributed by atoms with E-state index in [0.29, 0.717) is 22.9 Å². The third-order valence-corrected chi connectivity index (χ3v) is 7.74. The Morgan fingerprint density at radius 2 is 1.65 bits per heavy atom. The van der Waals surface area contributed by atoms with Crippen LogP contribution in [0.1, 0.15) is 99.9 Å². The second kappa shape index (κ2) is 17.4. The molecule has 4 nitrogen and oxygen atoms in total. The van der Waals surface area contributed by atoms with E-state index in [1.54, 1.807) is 23.9 Å². The van der Waals surface area contributed by atoms with Gasteiger partial charge in [-0.2, -0.15) is 0 Å². The third kappa shape index (κ3) is 11.4. The molecule has 1 aliphatic rings. The fourth-order valence-electron chi connectivity index (χ4n) is 4.49. The number of carbonyl (C=O) groups excluding carboxylic acids is 1. The van der Waals surface area contributed by atoms with Crippen molar-refractivity contribution in [1.29, 1.82) is 0 Å². The molecule has 1 N–H and O–H groups in total. The molecule has 1 heterocycles. The van der Waals surface area contributed by atoms with Crippen LogP contribution >= 0.6 is 23.4 Å². The van der Waals surface area contributed by atoms with Gasteiger partial charge in [0.15, 0.2) is 0 Å². The SMILES string of the molecule is CCCCCCCCCCCCCCOc1ccc(C(=O)Nc2cccc(CN3C=CSC3)c2)c(Cl)c1. The van der Waals surface area contributed by atoms with Crippen molar-refractivity contribution in [2.75, 3.05) is 17.8 Å². The summed E-state index contributed by atoms with van der Waals surface area (Å²) in [5.41, 5.74) is 2.36. The van der Waals surface area contributed by atoms with Gasteiger partial charge < -0.3 is 15.0 Å². The summed E-state index contributed by atoms with van der Waals surface area (Å²) < 4.78 is 5.88. The van der Waals surface area contributed by atoms with Crippen molar-refractivity contribution in [3.8, 4) is 5.75 Å². The topological polar surface area (TPSA) is 41.6 Å². The van der Waals surface area contributed by atoms with E-state index in [-0.39, 0.29) is 5.91 Å². The lowest BCUT2D eigenvalue weighted by Gasteiger charge is -2.15. The van der Waals surface area contributed by atoms with Gasteiger partial charge in [0.1, 0.15) is 5.75 Å². The Bertz CT molecular complexity index is 981. The van der Waals surface area contributed by atoms with Crippen LogP contribution in [0.3, 0.4) is 0 Å². The smallest absolute Gasteiger partial charge is 0.257 e. The van der Waals surface area contributed by atoms with E-state index >= 15 is 0 Å². The van der Waals surface area contributed by atoms with Gasteiger partial charge in [0.2, 0.25) is 0 Å². The number of hydrogen-bond donors (Lipinski definition) is 1. The Kier molecular flexibility index (Phi) is 13.9. The first kappa shape index (κ1) is 29.4. The monoisotopic (exact) mass is 542 g/mol. The molecular formula is C31H43ClN2O2S. The molecule has 0 fully saturated rings. The van der Waals surface area contributed by atoms with Crippen molar-refractivity contribution < 1.29 is 9.53 Å². The Morgan fingerprint density at radius 1 is 0.946 bits per heavy atom. The van der Waals surface area contributed by atoms with Crippen LogP contribution in [0.5, 0.6) is 5.75 Å². The number of unbranched alkanes of at least 4 members (excludes halogenated alkanes) is 11. The lowest BCUT2D eigenvalue weighted by atomic mass is 10.1. The molecule has 1 amide bonds. The summed E-state index contributed by atoms with van der Waals surface area (Å²) in [7, 11) is 0. The summed E-state index contributed by atoms with van der Waals surface area (Å²) in [5, 5.41) is 5.47. The third-order valence-electron chi connectivity index (χ3n) is 6.63. The van der Waals surface area contributed by atoms with Crippen LogP contribution in [0, 0.1) is 0 Å². The van der Waals surface area contributed by atoms with Crippen molar-refractivity contribution in [2.45, 2.75) is 90.5 Å². The Hall–Kier alpha value is -2.11.